The first kappa shape index (κ1) is 24.8. The molecule has 36 heavy (non-hydrogen) atoms. The number of carbonyl (C=O) groups is 1. The number of rotatable bonds is 5. The summed E-state index contributed by atoms with van der Waals surface area (Å²) in [6.07, 6.45) is -4.43. The third kappa shape index (κ3) is 4.85. The van der Waals surface area contributed by atoms with Crippen LogP contribution in [0.2, 0.25) is 5.02 Å². The molecule has 0 unspecified atom stereocenters. The first-order chi connectivity index (χ1) is 17.2. The van der Waals surface area contributed by atoms with Crippen LogP contribution in [0.3, 0.4) is 0 Å². The van der Waals surface area contributed by atoms with Crippen LogP contribution in [0.1, 0.15) is 55.5 Å². The maximum absolute atomic E-state index is 14.1. The van der Waals surface area contributed by atoms with Crippen molar-refractivity contribution < 1.29 is 18.0 Å². The molecule has 0 amide bonds. The number of nitrogens with one attached hydrogen (secondary N) is 1. The number of thiophene rings is 1. The second-order valence-electron chi connectivity index (χ2n) is 9.09. The molecule has 1 aromatic heterocycles. The van der Waals surface area contributed by atoms with E-state index < -0.39 is 23.7 Å². The van der Waals surface area contributed by atoms with Gasteiger partial charge in [0.2, 0.25) is 0 Å². The quantitative estimate of drug-likeness (QED) is 0.265. The van der Waals surface area contributed by atoms with Gasteiger partial charge >= 0.3 is 6.18 Å². The number of carbonyl (C=O) groups excluding carboxylic acids is 1. The maximum atomic E-state index is 14.1. The molecule has 3 aromatic carbocycles. The summed E-state index contributed by atoms with van der Waals surface area (Å²) in [7, 11) is 0. The predicted molar refractivity (Wildman–Crippen MR) is 138 cm³/mol. The fraction of sp³-hybridized carbons (Fsp3) is 0.207. The molecule has 1 aliphatic rings. The second kappa shape index (κ2) is 9.85. The second-order valence-corrected chi connectivity index (χ2v) is 10.5. The van der Waals surface area contributed by atoms with Gasteiger partial charge in [-0.15, -0.1) is 11.3 Å². The molecular weight excluding hydrogens is 503 g/mol. The molecule has 184 valence electrons. The van der Waals surface area contributed by atoms with Crippen molar-refractivity contribution in [2.45, 2.75) is 31.1 Å². The number of hydrogen-bond donors (Lipinski definition) is 1. The van der Waals surface area contributed by atoms with E-state index in [2.05, 4.69) is 5.32 Å². The largest absolute Gasteiger partial charge is 0.416 e. The average molecular weight is 526 g/mol. The summed E-state index contributed by atoms with van der Waals surface area (Å²) in [5.74, 6) is -0.779. The van der Waals surface area contributed by atoms with E-state index in [1.165, 1.54) is 12.1 Å². The van der Waals surface area contributed by atoms with Gasteiger partial charge in [0.05, 0.1) is 11.5 Å². The van der Waals surface area contributed by atoms with Gasteiger partial charge in [-0.3, -0.25) is 4.79 Å². The van der Waals surface area contributed by atoms with E-state index in [1.54, 1.807) is 11.3 Å². The Kier molecular flexibility index (Phi) is 6.77. The molecule has 2 heterocycles. The SMILES string of the molecule is Cc1ccc(C(=O)[C@H]2[C@H](c3cccs3)[C@@H](c3ccc(Cl)cc3)N[C@H]2c2ccc(C(F)(F)F)cc2)cc1. The smallest absolute Gasteiger partial charge is 0.302 e. The highest BCUT2D eigenvalue weighted by Gasteiger charge is 2.49. The van der Waals surface area contributed by atoms with Crippen LogP contribution in [-0.2, 0) is 6.18 Å². The number of Topliss-reactive ketones (excluding diaryl/α,β-unsaturated/α-hetero) is 1. The summed E-state index contributed by atoms with van der Waals surface area (Å²) in [4.78, 5) is 15.1. The molecule has 1 saturated heterocycles. The van der Waals surface area contributed by atoms with Crippen molar-refractivity contribution in [1.29, 1.82) is 0 Å². The molecule has 0 radical (unpaired) electrons. The van der Waals surface area contributed by atoms with Crippen molar-refractivity contribution in [3.63, 3.8) is 0 Å². The monoisotopic (exact) mass is 525 g/mol. The van der Waals surface area contributed by atoms with Crippen LogP contribution in [-0.4, -0.2) is 5.78 Å². The fourth-order valence-electron chi connectivity index (χ4n) is 5.02. The van der Waals surface area contributed by atoms with Crippen LogP contribution in [0.4, 0.5) is 13.2 Å². The van der Waals surface area contributed by atoms with Crippen LogP contribution in [0.15, 0.2) is 90.3 Å². The van der Waals surface area contributed by atoms with Crippen molar-refractivity contribution >= 4 is 28.7 Å². The molecule has 1 aliphatic heterocycles. The van der Waals surface area contributed by atoms with Gasteiger partial charge < -0.3 is 5.32 Å². The van der Waals surface area contributed by atoms with E-state index in [-0.39, 0.29) is 17.7 Å². The zero-order valence-corrected chi connectivity index (χ0v) is 20.9. The summed E-state index contributed by atoms with van der Waals surface area (Å²) in [6.45, 7) is 1.96. The lowest BCUT2D eigenvalue weighted by molar-refractivity contribution is -0.137. The fourth-order valence-corrected chi connectivity index (χ4v) is 6.06. The highest BCUT2D eigenvalue weighted by Crippen LogP contribution is 2.52. The van der Waals surface area contributed by atoms with E-state index in [0.29, 0.717) is 16.1 Å². The van der Waals surface area contributed by atoms with Gasteiger partial charge in [0.1, 0.15) is 0 Å². The Bertz CT molecular complexity index is 1330. The molecule has 7 heteroatoms. The van der Waals surface area contributed by atoms with Crippen molar-refractivity contribution in [2.24, 2.45) is 5.92 Å². The first-order valence-electron chi connectivity index (χ1n) is 11.6. The Morgan fingerprint density at radius 2 is 1.47 bits per heavy atom. The number of halogens is 4. The van der Waals surface area contributed by atoms with Crippen LogP contribution in [0, 0.1) is 12.8 Å². The molecule has 0 aliphatic carbocycles. The highest BCUT2D eigenvalue weighted by molar-refractivity contribution is 7.10. The van der Waals surface area contributed by atoms with Crippen LogP contribution < -0.4 is 5.32 Å². The molecule has 4 atom stereocenters. The minimum atomic E-state index is -4.43. The van der Waals surface area contributed by atoms with Crippen molar-refractivity contribution in [2.75, 3.05) is 0 Å². The standard InChI is InChI=1S/C29H23ClF3NOS/c1-17-4-6-20(7-5-17)28(35)25-24(23-3-2-16-36-23)26(19-10-14-22(30)15-11-19)34-27(25)18-8-12-21(13-9-18)29(31,32)33/h2-16,24-27,34H,1H3/t24-,25-,26+,27-/m0/s1. The van der Waals surface area contributed by atoms with Crippen LogP contribution >= 0.6 is 22.9 Å². The molecule has 0 bridgehead atoms. The highest BCUT2D eigenvalue weighted by atomic mass is 35.5. The van der Waals surface area contributed by atoms with E-state index in [4.69, 9.17) is 11.6 Å². The van der Waals surface area contributed by atoms with Crippen molar-refractivity contribution in [3.8, 4) is 0 Å². The lowest BCUT2D eigenvalue weighted by atomic mass is 9.77. The zero-order chi connectivity index (χ0) is 25.4. The van der Waals surface area contributed by atoms with Gasteiger partial charge in [0, 0.05) is 33.5 Å². The molecule has 5 rings (SSSR count). The molecule has 1 N–H and O–H groups in total. The maximum Gasteiger partial charge on any atom is 0.416 e. The Morgan fingerprint density at radius 1 is 0.861 bits per heavy atom. The number of ketones is 1. The summed E-state index contributed by atoms with van der Waals surface area (Å²) in [5.41, 5.74) is 2.53. The minimum Gasteiger partial charge on any atom is -0.302 e. The topological polar surface area (TPSA) is 29.1 Å². The van der Waals surface area contributed by atoms with Gasteiger partial charge in [-0.1, -0.05) is 71.8 Å². The van der Waals surface area contributed by atoms with Gasteiger partial charge in [-0.05, 0) is 53.8 Å². The minimum absolute atomic E-state index is 0.0396. The first-order valence-corrected chi connectivity index (χ1v) is 12.8. The lowest BCUT2D eigenvalue weighted by Crippen LogP contribution is -2.26. The Morgan fingerprint density at radius 3 is 2.06 bits per heavy atom. The molecule has 2 nitrogen and oxygen atoms in total. The molecule has 0 saturated carbocycles. The average Bonchev–Trinajstić information content (AvgIpc) is 3.52. The van der Waals surface area contributed by atoms with E-state index in [0.717, 1.165) is 28.1 Å². The zero-order valence-electron chi connectivity index (χ0n) is 19.3. The van der Waals surface area contributed by atoms with E-state index in [1.807, 2.05) is 73.0 Å². The Balaban J connectivity index is 1.63. The van der Waals surface area contributed by atoms with Gasteiger partial charge in [-0.25, -0.2) is 0 Å². The van der Waals surface area contributed by atoms with Crippen molar-refractivity contribution in [3.05, 3.63) is 128 Å². The van der Waals surface area contributed by atoms with Gasteiger partial charge in [0.15, 0.2) is 5.78 Å². The van der Waals surface area contributed by atoms with E-state index >= 15 is 0 Å². The predicted octanol–water partition coefficient (Wildman–Crippen LogP) is 8.40. The number of alkyl halides is 3. The van der Waals surface area contributed by atoms with Crippen LogP contribution in [0.5, 0.6) is 0 Å². The third-order valence-corrected chi connectivity index (χ3v) is 8.03. The van der Waals surface area contributed by atoms with Crippen LogP contribution in [0.25, 0.3) is 0 Å². The third-order valence-electron chi connectivity index (χ3n) is 6.80. The summed E-state index contributed by atoms with van der Waals surface area (Å²) < 4.78 is 39.7. The number of hydrogen-bond acceptors (Lipinski definition) is 3. The molecule has 0 spiro atoms. The normalized spacial score (nSPS) is 22.0. The molecule has 1 fully saturated rings. The van der Waals surface area contributed by atoms with Crippen molar-refractivity contribution in [1.82, 2.24) is 5.32 Å². The number of aryl methyl sites for hydroxylation is 1. The van der Waals surface area contributed by atoms with Gasteiger partial charge in [-0.2, -0.15) is 13.2 Å². The molecular formula is C29H23ClF3NOS. The van der Waals surface area contributed by atoms with E-state index in [9.17, 15) is 18.0 Å². The number of benzene rings is 3. The summed E-state index contributed by atoms with van der Waals surface area (Å²) >= 11 is 7.71. The molecule has 4 aromatic rings. The summed E-state index contributed by atoms with van der Waals surface area (Å²) in [5, 5.41) is 6.20. The lowest BCUT2D eigenvalue weighted by Gasteiger charge is -2.24. The summed E-state index contributed by atoms with van der Waals surface area (Å²) in [6, 6.07) is 23.3. The Labute approximate surface area is 216 Å². The van der Waals surface area contributed by atoms with Gasteiger partial charge in [0.25, 0.3) is 0 Å². The Hall–Kier alpha value is -2.93.